The summed E-state index contributed by atoms with van der Waals surface area (Å²) >= 11 is 0. The highest BCUT2D eigenvalue weighted by Gasteiger charge is 2.17. The van der Waals surface area contributed by atoms with Crippen LogP contribution in [0.25, 0.3) is 11.1 Å². The average Bonchev–Trinajstić information content (AvgIpc) is 3.26. The van der Waals surface area contributed by atoms with Gasteiger partial charge in [0.05, 0.1) is 12.1 Å². The van der Waals surface area contributed by atoms with Crippen LogP contribution in [-0.2, 0) is 13.1 Å². The minimum Gasteiger partial charge on any atom is -0.408 e. The Balaban J connectivity index is 1.46. The van der Waals surface area contributed by atoms with Crippen LogP contribution in [0.3, 0.4) is 0 Å². The zero-order chi connectivity index (χ0) is 18.8. The van der Waals surface area contributed by atoms with Crippen molar-refractivity contribution in [3.63, 3.8) is 0 Å². The maximum Gasteiger partial charge on any atom is 0.420 e. The van der Waals surface area contributed by atoms with E-state index in [1.807, 2.05) is 0 Å². The number of hydrogen-bond donors (Lipinski definition) is 1. The van der Waals surface area contributed by atoms with E-state index in [2.05, 4.69) is 15.5 Å². The summed E-state index contributed by atoms with van der Waals surface area (Å²) in [4.78, 5) is 28.1. The molecular weight excluding hydrogens is 355 g/mol. The third kappa shape index (κ3) is 3.47. The van der Waals surface area contributed by atoms with Gasteiger partial charge in [0.2, 0.25) is 0 Å². The standard InChI is InChI=1S/C18H13FN4O4/c19-12-7-5-11(6-8-12)9-20-16(24)17-21-15(22-27-17)10-23-13-3-1-2-4-14(13)26-18(23)25/h1-8H,9-10H2,(H,20,24). The molecule has 2 aromatic heterocycles. The third-order valence-corrected chi connectivity index (χ3v) is 3.90. The van der Waals surface area contributed by atoms with Crippen LogP contribution in [0.15, 0.2) is 62.3 Å². The van der Waals surface area contributed by atoms with Gasteiger partial charge in [-0.15, -0.1) is 0 Å². The molecule has 136 valence electrons. The number of rotatable bonds is 5. The summed E-state index contributed by atoms with van der Waals surface area (Å²) in [6.07, 6.45) is 0. The second-order valence-electron chi connectivity index (χ2n) is 5.75. The van der Waals surface area contributed by atoms with E-state index in [1.165, 1.54) is 16.7 Å². The first-order chi connectivity index (χ1) is 13.1. The van der Waals surface area contributed by atoms with Crippen LogP contribution in [0.4, 0.5) is 4.39 Å². The molecule has 27 heavy (non-hydrogen) atoms. The molecule has 9 heteroatoms. The molecule has 1 N–H and O–H groups in total. The Morgan fingerprint density at radius 1 is 1.15 bits per heavy atom. The van der Waals surface area contributed by atoms with E-state index < -0.39 is 11.7 Å². The number of para-hydroxylation sites is 2. The van der Waals surface area contributed by atoms with Crippen molar-refractivity contribution >= 4 is 17.0 Å². The Morgan fingerprint density at radius 2 is 1.93 bits per heavy atom. The highest BCUT2D eigenvalue weighted by Crippen LogP contribution is 2.13. The number of hydrogen-bond acceptors (Lipinski definition) is 6. The predicted octanol–water partition coefficient (Wildman–Crippen LogP) is 2.09. The number of nitrogens with one attached hydrogen (secondary N) is 1. The van der Waals surface area contributed by atoms with Crippen molar-refractivity contribution in [2.24, 2.45) is 0 Å². The van der Waals surface area contributed by atoms with Gasteiger partial charge in [-0.3, -0.25) is 9.36 Å². The minimum absolute atomic E-state index is 0.00455. The maximum absolute atomic E-state index is 12.9. The minimum atomic E-state index is -0.567. The SMILES string of the molecule is O=C(NCc1ccc(F)cc1)c1nc(Cn2c(=O)oc3ccccc32)no1. The molecule has 4 rings (SSSR count). The zero-order valence-corrected chi connectivity index (χ0v) is 13.9. The number of halogens is 1. The van der Waals surface area contributed by atoms with Crippen LogP contribution >= 0.6 is 0 Å². The monoisotopic (exact) mass is 368 g/mol. The van der Waals surface area contributed by atoms with Gasteiger partial charge in [-0.25, -0.2) is 9.18 Å². The molecule has 0 radical (unpaired) electrons. The van der Waals surface area contributed by atoms with E-state index in [0.29, 0.717) is 11.1 Å². The lowest BCUT2D eigenvalue weighted by Gasteiger charge is -2.02. The summed E-state index contributed by atoms with van der Waals surface area (Å²) in [6, 6.07) is 12.7. The third-order valence-electron chi connectivity index (χ3n) is 3.90. The van der Waals surface area contributed by atoms with E-state index in [0.717, 1.165) is 5.56 Å². The van der Waals surface area contributed by atoms with E-state index in [-0.39, 0.29) is 30.6 Å². The van der Waals surface area contributed by atoms with Crippen molar-refractivity contribution in [2.75, 3.05) is 0 Å². The lowest BCUT2D eigenvalue weighted by Crippen LogP contribution is -2.23. The number of aromatic nitrogens is 3. The summed E-state index contributed by atoms with van der Waals surface area (Å²) in [7, 11) is 0. The van der Waals surface area contributed by atoms with E-state index in [4.69, 9.17) is 8.94 Å². The molecule has 1 amide bonds. The fraction of sp³-hybridized carbons (Fsp3) is 0.111. The molecule has 0 saturated heterocycles. The van der Waals surface area contributed by atoms with Gasteiger partial charge >= 0.3 is 17.6 Å². The van der Waals surface area contributed by atoms with Crippen LogP contribution in [0, 0.1) is 5.82 Å². The molecule has 0 atom stereocenters. The van der Waals surface area contributed by atoms with Gasteiger partial charge in [0.15, 0.2) is 11.4 Å². The molecule has 4 aromatic rings. The van der Waals surface area contributed by atoms with Gasteiger partial charge in [-0.1, -0.05) is 29.4 Å². The highest BCUT2D eigenvalue weighted by molar-refractivity contribution is 5.89. The topological polar surface area (TPSA) is 103 Å². The van der Waals surface area contributed by atoms with Gasteiger partial charge < -0.3 is 14.3 Å². The Bertz CT molecular complexity index is 1160. The summed E-state index contributed by atoms with van der Waals surface area (Å²) in [5.41, 5.74) is 1.76. The Hall–Kier alpha value is -3.75. The second-order valence-corrected chi connectivity index (χ2v) is 5.75. The van der Waals surface area contributed by atoms with Gasteiger partial charge in [0.25, 0.3) is 0 Å². The first-order valence-electron chi connectivity index (χ1n) is 8.04. The molecule has 0 unspecified atom stereocenters. The van der Waals surface area contributed by atoms with E-state index in [1.54, 1.807) is 36.4 Å². The molecule has 0 aliphatic heterocycles. The first kappa shape index (κ1) is 16.7. The molecule has 0 fully saturated rings. The fourth-order valence-electron chi connectivity index (χ4n) is 2.58. The van der Waals surface area contributed by atoms with Crippen LogP contribution in [-0.4, -0.2) is 20.6 Å². The van der Waals surface area contributed by atoms with E-state index >= 15 is 0 Å². The number of carbonyl (C=O) groups excluding carboxylic acids is 1. The molecule has 0 spiro atoms. The normalized spacial score (nSPS) is 11.0. The number of nitrogens with zero attached hydrogens (tertiary/aromatic N) is 3. The van der Waals surface area contributed by atoms with Crippen molar-refractivity contribution in [3.05, 3.63) is 82.2 Å². The summed E-state index contributed by atoms with van der Waals surface area (Å²) < 4.78 is 24.3. The first-order valence-corrected chi connectivity index (χ1v) is 8.04. The van der Waals surface area contributed by atoms with Crippen molar-refractivity contribution < 1.29 is 18.1 Å². The molecular formula is C18H13FN4O4. The molecule has 2 heterocycles. The zero-order valence-electron chi connectivity index (χ0n) is 13.9. The smallest absolute Gasteiger partial charge is 0.408 e. The Morgan fingerprint density at radius 3 is 2.74 bits per heavy atom. The highest BCUT2D eigenvalue weighted by atomic mass is 19.1. The number of carbonyl (C=O) groups is 1. The molecule has 0 aliphatic carbocycles. The second kappa shape index (κ2) is 6.87. The van der Waals surface area contributed by atoms with Crippen LogP contribution in [0.2, 0.25) is 0 Å². The number of amides is 1. The average molecular weight is 368 g/mol. The van der Waals surface area contributed by atoms with E-state index in [9.17, 15) is 14.0 Å². The number of oxazole rings is 1. The van der Waals surface area contributed by atoms with Crippen molar-refractivity contribution in [1.29, 1.82) is 0 Å². The molecule has 0 bridgehead atoms. The fourth-order valence-corrected chi connectivity index (χ4v) is 2.58. The van der Waals surface area contributed by atoms with Gasteiger partial charge in [0, 0.05) is 6.54 Å². The van der Waals surface area contributed by atoms with Crippen molar-refractivity contribution in [2.45, 2.75) is 13.1 Å². The Labute approximate surface area is 151 Å². The van der Waals surface area contributed by atoms with Crippen molar-refractivity contribution in [3.8, 4) is 0 Å². The number of fused-ring (bicyclic) bond motifs is 1. The predicted molar refractivity (Wildman–Crippen MR) is 91.4 cm³/mol. The largest absolute Gasteiger partial charge is 0.420 e. The number of benzene rings is 2. The summed E-state index contributed by atoms with van der Waals surface area (Å²) in [5.74, 6) is -1.54. The molecule has 2 aromatic carbocycles. The molecule has 8 nitrogen and oxygen atoms in total. The molecule has 0 saturated carbocycles. The molecule has 0 aliphatic rings. The lowest BCUT2D eigenvalue weighted by molar-refractivity contribution is 0.0907. The van der Waals surface area contributed by atoms with Crippen LogP contribution in [0.5, 0.6) is 0 Å². The van der Waals surface area contributed by atoms with Crippen LogP contribution in [0.1, 0.15) is 22.1 Å². The summed E-state index contributed by atoms with van der Waals surface area (Å²) in [5, 5.41) is 6.33. The van der Waals surface area contributed by atoms with Crippen LogP contribution < -0.4 is 11.1 Å². The Kier molecular flexibility index (Phi) is 4.25. The maximum atomic E-state index is 12.9. The van der Waals surface area contributed by atoms with Gasteiger partial charge in [-0.2, -0.15) is 4.98 Å². The van der Waals surface area contributed by atoms with Gasteiger partial charge in [0.1, 0.15) is 5.82 Å². The lowest BCUT2D eigenvalue weighted by atomic mass is 10.2. The van der Waals surface area contributed by atoms with Crippen molar-refractivity contribution in [1.82, 2.24) is 20.0 Å². The summed E-state index contributed by atoms with van der Waals surface area (Å²) in [6.45, 7) is 0.188. The quantitative estimate of drug-likeness (QED) is 0.579. The van der Waals surface area contributed by atoms with Gasteiger partial charge in [-0.05, 0) is 29.8 Å².